The van der Waals surface area contributed by atoms with Crippen LogP contribution in [0.1, 0.15) is 40.3 Å². The molecule has 0 saturated heterocycles. The monoisotopic (exact) mass is 343 g/mol. The Kier molecular flexibility index (Phi) is 5.62. The maximum atomic E-state index is 13.1. The summed E-state index contributed by atoms with van der Waals surface area (Å²) in [6.45, 7) is 11.4. The van der Waals surface area contributed by atoms with Gasteiger partial charge < -0.3 is 0 Å². The maximum absolute atomic E-state index is 13.1. The number of hydrogen-bond acceptors (Lipinski definition) is 2. The number of rotatable bonds is 6. The molecule has 2 aromatic rings. The number of nitrogens with one attached hydrogen (secondary N) is 1. The van der Waals surface area contributed by atoms with E-state index in [0.717, 1.165) is 27.8 Å². The van der Waals surface area contributed by atoms with Crippen molar-refractivity contribution < 1.29 is 8.42 Å². The van der Waals surface area contributed by atoms with Crippen LogP contribution in [-0.2, 0) is 10.0 Å². The molecule has 3 nitrogen and oxygen atoms in total. The predicted octanol–water partition coefficient (Wildman–Crippen LogP) is 4.52. The quantitative estimate of drug-likeness (QED) is 0.784. The van der Waals surface area contributed by atoms with Gasteiger partial charge in [-0.1, -0.05) is 42.5 Å². The van der Waals surface area contributed by atoms with Crippen molar-refractivity contribution in [3.8, 4) is 0 Å². The van der Waals surface area contributed by atoms with Gasteiger partial charge in [0.2, 0.25) is 10.0 Å². The molecule has 0 aliphatic carbocycles. The summed E-state index contributed by atoms with van der Waals surface area (Å²) < 4.78 is 29.0. The van der Waals surface area contributed by atoms with E-state index in [4.69, 9.17) is 0 Å². The lowest BCUT2D eigenvalue weighted by atomic mass is 10.0. The first-order valence-electron chi connectivity index (χ1n) is 8.03. The van der Waals surface area contributed by atoms with E-state index in [1.54, 1.807) is 6.08 Å². The molecule has 0 aromatic heterocycles. The Morgan fingerprint density at radius 2 is 1.58 bits per heavy atom. The first-order valence-corrected chi connectivity index (χ1v) is 9.51. The highest BCUT2D eigenvalue weighted by atomic mass is 32.2. The van der Waals surface area contributed by atoms with Crippen molar-refractivity contribution in [2.75, 3.05) is 0 Å². The summed E-state index contributed by atoms with van der Waals surface area (Å²) >= 11 is 0. The normalized spacial score (nSPS) is 12.8. The van der Waals surface area contributed by atoms with Gasteiger partial charge in [-0.3, -0.25) is 0 Å². The van der Waals surface area contributed by atoms with Crippen molar-refractivity contribution in [2.24, 2.45) is 0 Å². The largest absolute Gasteiger partial charge is 0.241 e. The Bertz CT molecular complexity index is 813. The molecule has 0 amide bonds. The van der Waals surface area contributed by atoms with E-state index in [9.17, 15) is 8.42 Å². The van der Waals surface area contributed by atoms with Crippen LogP contribution in [0.15, 0.2) is 53.9 Å². The van der Waals surface area contributed by atoms with Crippen LogP contribution in [0.4, 0.5) is 0 Å². The summed E-state index contributed by atoms with van der Waals surface area (Å²) in [7, 11) is -3.63. The van der Waals surface area contributed by atoms with E-state index in [-0.39, 0.29) is 6.04 Å². The van der Waals surface area contributed by atoms with Gasteiger partial charge in [-0.15, -0.1) is 6.58 Å². The number of sulfonamides is 1. The Labute approximate surface area is 145 Å². The van der Waals surface area contributed by atoms with Gasteiger partial charge in [-0.2, -0.15) is 0 Å². The van der Waals surface area contributed by atoms with Gasteiger partial charge in [0.25, 0.3) is 0 Å². The maximum Gasteiger partial charge on any atom is 0.241 e. The van der Waals surface area contributed by atoms with Crippen molar-refractivity contribution in [3.63, 3.8) is 0 Å². The average molecular weight is 343 g/mol. The minimum absolute atomic E-state index is 0.326. The van der Waals surface area contributed by atoms with Crippen LogP contribution in [0, 0.1) is 27.7 Å². The van der Waals surface area contributed by atoms with Gasteiger partial charge in [0.1, 0.15) is 0 Å². The summed E-state index contributed by atoms with van der Waals surface area (Å²) in [4.78, 5) is 0.394. The second-order valence-electron chi connectivity index (χ2n) is 6.20. The topological polar surface area (TPSA) is 46.2 Å². The van der Waals surface area contributed by atoms with E-state index in [2.05, 4.69) is 11.3 Å². The van der Waals surface area contributed by atoms with Crippen molar-refractivity contribution in [1.82, 2.24) is 4.72 Å². The molecular weight excluding hydrogens is 318 g/mol. The smallest absolute Gasteiger partial charge is 0.207 e. The molecule has 2 aromatic carbocycles. The van der Waals surface area contributed by atoms with Crippen LogP contribution < -0.4 is 4.72 Å². The third-order valence-electron chi connectivity index (χ3n) is 4.47. The van der Waals surface area contributed by atoms with Crippen LogP contribution in [0.5, 0.6) is 0 Å². The molecule has 4 heteroatoms. The van der Waals surface area contributed by atoms with Gasteiger partial charge in [-0.05, 0) is 61.9 Å². The second kappa shape index (κ2) is 7.32. The molecular formula is C20H25NO2S. The third kappa shape index (κ3) is 3.77. The summed E-state index contributed by atoms with van der Waals surface area (Å²) in [5.41, 5.74) is 4.50. The van der Waals surface area contributed by atoms with Gasteiger partial charge in [0, 0.05) is 0 Å². The molecule has 0 unspecified atom stereocenters. The second-order valence-corrected chi connectivity index (χ2v) is 7.85. The van der Waals surface area contributed by atoms with E-state index in [1.165, 1.54) is 0 Å². The molecule has 0 heterocycles. The standard InChI is InChI=1S/C20H25NO2S/c1-6-10-19(18-11-8-7-9-12-18)21-24(22,23)20-16(4)14(2)13-15(3)17(20)5/h6-9,11-13,19,21H,1,10H2,2-5H3/t19-/m0/s1. The highest BCUT2D eigenvalue weighted by Crippen LogP contribution is 2.28. The number of aryl methyl sites for hydroxylation is 2. The van der Waals surface area contributed by atoms with E-state index in [1.807, 2.05) is 64.1 Å². The third-order valence-corrected chi connectivity index (χ3v) is 6.21. The molecule has 1 N–H and O–H groups in total. The van der Waals surface area contributed by atoms with Crippen molar-refractivity contribution in [2.45, 2.75) is 45.1 Å². The first kappa shape index (κ1) is 18.4. The van der Waals surface area contributed by atoms with E-state index in [0.29, 0.717) is 11.3 Å². The van der Waals surface area contributed by atoms with Gasteiger partial charge in [0.15, 0.2) is 0 Å². The Morgan fingerprint density at radius 3 is 2.08 bits per heavy atom. The highest BCUT2D eigenvalue weighted by molar-refractivity contribution is 7.89. The zero-order valence-electron chi connectivity index (χ0n) is 14.8. The molecule has 0 bridgehead atoms. The van der Waals surface area contributed by atoms with Crippen molar-refractivity contribution >= 4 is 10.0 Å². The molecule has 0 radical (unpaired) electrons. The SMILES string of the molecule is C=CC[C@H](NS(=O)(=O)c1c(C)c(C)cc(C)c1C)c1ccccc1. The van der Waals surface area contributed by atoms with Crippen molar-refractivity contribution in [3.05, 3.63) is 76.9 Å². The van der Waals surface area contributed by atoms with Crippen molar-refractivity contribution in [1.29, 1.82) is 0 Å². The molecule has 0 saturated carbocycles. The summed E-state index contributed by atoms with van der Waals surface area (Å²) in [5.74, 6) is 0. The van der Waals surface area contributed by atoms with E-state index < -0.39 is 10.0 Å². The molecule has 0 spiro atoms. The van der Waals surface area contributed by atoms with Crippen LogP contribution >= 0.6 is 0 Å². The summed E-state index contributed by atoms with van der Waals surface area (Å²) in [5, 5.41) is 0. The highest BCUT2D eigenvalue weighted by Gasteiger charge is 2.25. The van der Waals surface area contributed by atoms with Gasteiger partial charge >= 0.3 is 0 Å². The van der Waals surface area contributed by atoms with Crippen LogP contribution in [0.25, 0.3) is 0 Å². The fourth-order valence-electron chi connectivity index (χ4n) is 2.93. The average Bonchev–Trinajstić information content (AvgIpc) is 2.53. The molecule has 0 fully saturated rings. The Morgan fingerprint density at radius 1 is 1.04 bits per heavy atom. The fraction of sp³-hybridized carbons (Fsp3) is 0.300. The Hall–Kier alpha value is -1.91. The number of hydrogen-bond donors (Lipinski definition) is 1. The fourth-order valence-corrected chi connectivity index (χ4v) is 4.79. The summed E-state index contributed by atoms with van der Waals surface area (Å²) in [6, 6.07) is 11.3. The lowest BCUT2D eigenvalue weighted by molar-refractivity contribution is 0.556. The predicted molar refractivity (Wildman–Crippen MR) is 99.7 cm³/mol. The zero-order chi connectivity index (χ0) is 17.9. The molecule has 1 atom stereocenters. The molecule has 2 rings (SSSR count). The Balaban J connectivity index is 2.49. The zero-order valence-corrected chi connectivity index (χ0v) is 15.6. The molecule has 24 heavy (non-hydrogen) atoms. The minimum atomic E-state index is -3.63. The number of benzene rings is 2. The lowest BCUT2D eigenvalue weighted by Gasteiger charge is -2.21. The minimum Gasteiger partial charge on any atom is -0.207 e. The van der Waals surface area contributed by atoms with Crippen LogP contribution in [-0.4, -0.2) is 8.42 Å². The first-order chi connectivity index (χ1) is 11.3. The molecule has 0 aliphatic heterocycles. The molecule has 128 valence electrons. The van der Waals surface area contributed by atoms with E-state index >= 15 is 0 Å². The van der Waals surface area contributed by atoms with Crippen LogP contribution in [0.2, 0.25) is 0 Å². The van der Waals surface area contributed by atoms with Gasteiger partial charge in [-0.25, -0.2) is 13.1 Å². The van der Waals surface area contributed by atoms with Crippen LogP contribution in [0.3, 0.4) is 0 Å². The van der Waals surface area contributed by atoms with Gasteiger partial charge in [0.05, 0.1) is 10.9 Å². The molecule has 0 aliphatic rings. The lowest BCUT2D eigenvalue weighted by Crippen LogP contribution is -2.30. The summed E-state index contributed by atoms with van der Waals surface area (Å²) in [6.07, 6.45) is 2.27.